The van der Waals surface area contributed by atoms with Crippen LogP contribution in [0.4, 0.5) is 0 Å². The molecule has 4 rings (SSSR count). The molecule has 0 radical (unpaired) electrons. The largest absolute Gasteiger partial charge is 0.458 e. The van der Waals surface area contributed by atoms with Gasteiger partial charge in [-0.3, -0.25) is 14.4 Å². The van der Waals surface area contributed by atoms with Crippen molar-refractivity contribution in [2.24, 2.45) is 16.7 Å². The second kappa shape index (κ2) is 10.1. The van der Waals surface area contributed by atoms with Crippen molar-refractivity contribution in [3.8, 4) is 0 Å². The Morgan fingerprint density at radius 1 is 1.18 bits per heavy atom. The summed E-state index contributed by atoms with van der Waals surface area (Å²) in [6.45, 7) is 15.4. The smallest absolute Gasteiger partial charge is 0.340 e. The highest BCUT2D eigenvalue weighted by Gasteiger charge is 2.63. The Kier molecular flexibility index (Phi) is 7.40. The molecule has 3 aliphatic carbocycles. The zero-order chi connectivity index (χ0) is 28.0. The van der Waals surface area contributed by atoms with Gasteiger partial charge in [0.1, 0.15) is 18.0 Å². The van der Waals surface area contributed by atoms with E-state index >= 15 is 0 Å². The molecule has 0 spiro atoms. The van der Waals surface area contributed by atoms with E-state index in [-0.39, 0.29) is 36.1 Å². The number of ether oxygens (including phenoxy) is 3. The molecule has 1 saturated heterocycles. The van der Waals surface area contributed by atoms with Crippen molar-refractivity contribution in [3.05, 3.63) is 59.4 Å². The molecule has 1 heterocycles. The van der Waals surface area contributed by atoms with Crippen molar-refractivity contribution >= 4 is 23.5 Å². The average Bonchev–Trinajstić information content (AvgIpc) is 3.13. The van der Waals surface area contributed by atoms with E-state index in [9.17, 15) is 19.2 Å². The van der Waals surface area contributed by atoms with Crippen LogP contribution in [-0.2, 0) is 33.4 Å². The molecule has 0 bridgehead atoms. The summed E-state index contributed by atoms with van der Waals surface area (Å²) < 4.78 is 17.4. The van der Waals surface area contributed by atoms with E-state index in [4.69, 9.17) is 14.2 Å². The lowest BCUT2D eigenvalue weighted by atomic mass is 9.52. The molecule has 0 aromatic heterocycles. The molecule has 3 unspecified atom stereocenters. The number of Topliss-reactive ketones (excluding diaryl/α,β-unsaturated/α-hetero) is 2. The Bertz CT molecular complexity index is 1200. The third kappa shape index (κ3) is 4.10. The van der Waals surface area contributed by atoms with E-state index in [1.165, 1.54) is 14.0 Å². The van der Waals surface area contributed by atoms with Gasteiger partial charge in [0.2, 0.25) is 0 Å². The van der Waals surface area contributed by atoms with Gasteiger partial charge in [-0.2, -0.15) is 0 Å². The highest BCUT2D eigenvalue weighted by Crippen LogP contribution is 2.62. The molecule has 5 atom stereocenters. The number of hydrogen-bond donors (Lipinski definition) is 0. The van der Waals surface area contributed by atoms with Gasteiger partial charge in [0.25, 0.3) is 0 Å². The highest BCUT2D eigenvalue weighted by molar-refractivity contribution is 6.15. The van der Waals surface area contributed by atoms with E-state index in [1.807, 2.05) is 18.7 Å². The van der Waals surface area contributed by atoms with Crippen LogP contribution in [0.5, 0.6) is 0 Å². The third-order valence-electron chi connectivity index (χ3n) is 8.72. The van der Waals surface area contributed by atoms with Crippen LogP contribution in [0.25, 0.3) is 0 Å². The molecular formula is C30H37NO7. The molecule has 1 saturated carbocycles. The molecule has 2 fully saturated rings. The van der Waals surface area contributed by atoms with Crippen molar-refractivity contribution < 1.29 is 33.4 Å². The Morgan fingerprint density at radius 2 is 1.84 bits per heavy atom. The molecule has 0 amide bonds. The lowest BCUT2D eigenvalue weighted by molar-refractivity contribution is -0.160. The van der Waals surface area contributed by atoms with Gasteiger partial charge in [-0.05, 0) is 31.4 Å². The molecule has 8 nitrogen and oxygen atoms in total. The Morgan fingerprint density at radius 3 is 2.42 bits per heavy atom. The van der Waals surface area contributed by atoms with Crippen LogP contribution in [0.3, 0.4) is 0 Å². The summed E-state index contributed by atoms with van der Waals surface area (Å²) in [6, 6.07) is 0. The number of carbonyl (C=O) groups excluding carboxylic acids is 4. The maximum absolute atomic E-state index is 14.2. The van der Waals surface area contributed by atoms with Gasteiger partial charge in [-0.1, -0.05) is 19.1 Å². The summed E-state index contributed by atoms with van der Waals surface area (Å²) in [4.78, 5) is 54.9. The number of cyclic esters (lactones) is 1. The van der Waals surface area contributed by atoms with Crippen LogP contribution in [-0.4, -0.2) is 67.4 Å². The van der Waals surface area contributed by atoms with Crippen molar-refractivity contribution in [3.63, 3.8) is 0 Å². The number of ketones is 2. The first-order valence-corrected chi connectivity index (χ1v) is 13.0. The Hall–Kier alpha value is -3.26. The first kappa shape index (κ1) is 27.8. The maximum Gasteiger partial charge on any atom is 0.340 e. The SMILES string of the molecule is C=CCN(/C=C1\C(=O)OC(COC)[C@@]2(C)C1=C(C)C(=O)C1=C2C(OC(C)=O)C[C@]2(C)C(=O)CCC12)CC=C. The summed E-state index contributed by atoms with van der Waals surface area (Å²) in [5.41, 5.74) is 0.541. The molecule has 0 aromatic carbocycles. The predicted octanol–water partition coefficient (Wildman–Crippen LogP) is 3.64. The normalized spacial score (nSPS) is 33.4. The molecule has 38 heavy (non-hydrogen) atoms. The van der Waals surface area contributed by atoms with Crippen LogP contribution in [0, 0.1) is 16.7 Å². The number of hydrogen-bond acceptors (Lipinski definition) is 8. The number of allylic oxidation sites excluding steroid dienone is 2. The van der Waals surface area contributed by atoms with Crippen molar-refractivity contribution in [1.29, 1.82) is 0 Å². The fraction of sp³-hybridized carbons (Fsp3) is 0.533. The van der Waals surface area contributed by atoms with E-state index in [0.717, 1.165) is 0 Å². The number of esters is 2. The summed E-state index contributed by atoms with van der Waals surface area (Å²) >= 11 is 0. The number of fused-ring (bicyclic) bond motifs is 4. The van der Waals surface area contributed by atoms with Gasteiger partial charge in [0.15, 0.2) is 5.78 Å². The molecule has 0 N–H and O–H groups in total. The quantitative estimate of drug-likeness (QED) is 0.270. The minimum atomic E-state index is -1.02. The second-order valence-corrected chi connectivity index (χ2v) is 11.0. The average molecular weight is 524 g/mol. The van der Waals surface area contributed by atoms with Crippen molar-refractivity contribution in [2.45, 2.75) is 59.2 Å². The molecular weight excluding hydrogens is 486 g/mol. The molecule has 4 aliphatic rings. The van der Waals surface area contributed by atoms with Gasteiger partial charge in [-0.15, -0.1) is 13.2 Å². The summed E-state index contributed by atoms with van der Waals surface area (Å²) in [5, 5.41) is 0. The lowest BCUT2D eigenvalue weighted by Crippen LogP contribution is -2.56. The van der Waals surface area contributed by atoms with Gasteiger partial charge in [0.05, 0.1) is 17.6 Å². The van der Waals surface area contributed by atoms with E-state index in [0.29, 0.717) is 48.2 Å². The van der Waals surface area contributed by atoms with Crippen molar-refractivity contribution in [1.82, 2.24) is 4.90 Å². The monoisotopic (exact) mass is 523 g/mol. The fourth-order valence-electron chi connectivity index (χ4n) is 7.07. The van der Waals surface area contributed by atoms with Crippen LogP contribution in [0.15, 0.2) is 59.4 Å². The molecule has 8 heteroatoms. The summed E-state index contributed by atoms with van der Waals surface area (Å²) in [7, 11) is 1.52. The topological polar surface area (TPSA) is 99.2 Å². The van der Waals surface area contributed by atoms with Gasteiger partial charge in [0, 0.05) is 68.6 Å². The number of methoxy groups -OCH3 is 1. The minimum absolute atomic E-state index is 0.0742. The predicted molar refractivity (Wildman–Crippen MR) is 141 cm³/mol. The molecule has 1 aliphatic heterocycles. The Balaban J connectivity index is 2.02. The van der Waals surface area contributed by atoms with E-state index in [1.54, 1.807) is 25.3 Å². The first-order valence-electron chi connectivity index (χ1n) is 13.0. The summed E-state index contributed by atoms with van der Waals surface area (Å²) in [6.07, 6.45) is 4.72. The van der Waals surface area contributed by atoms with Crippen LogP contribution >= 0.6 is 0 Å². The number of rotatable bonds is 8. The number of carbonyl (C=O) groups is 4. The number of nitrogens with zero attached hydrogens (tertiary/aromatic N) is 1. The van der Waals surface area contributed by atoms with Crippen molar-refractivity contribution in [2.75, 3.05) is 26.8 Å². The molecule has 204 valence electrons. The second-order valence-electron chi connectivity index (χ2n) is 11.0. The van der Waals surface area contributed by atoms with E-state index < -0.39 is 35.0 Å². The van der Waals surface area contributed by atoms with E-state index in [2.05, 4.69) is 13.2 Å². The first-order chi connectivity index (χ1) is 17.9. The molecule has 0 aromatic rings. The Labute approximate surface area is 224 Å². The maximum atomic E-state index is 14.2. The van der Waals surface area contributed by atoms with Crippen LogP contribution < -0.4 is 0 Å². The zero-order valence-electron chi connectivity index (χ0n) is 22.9. The third-order valence-corrected chi connectivity index (χ3v) is 8.72. The lowest BCUT2D eigenvalue weighted by Gasteiger charge is -2.54. The highest BCUT2D eigenvalue weighted by atomic mass is 16.6. The minimum Gasteiger partial charge on any atom is -0.458 e. The fourth-order valence-corrected chi connectivity index (χ4v) is 7.07. The van der Waals surface area contributed by atoms with Crippen LogP contribution in [0.1, 0.15) is 47.0 Å². The standard InChI is InChI=1S/C30H37NO7/c1-8-12-31(13-9-2)15-19-25-17(3)27(34)24-20-10-11-22(33)29(20,5)14-21(37-18(4)32)26(24)30(25,6)23(16-36-7)38-28(19)35/h8-9,15,20-21,23H,1-2,10-14,16H2,3-7H3/b19-15-/t20?,21?,23?,29-,30-/m0/s1. The van der Waals surface area contributed by atoms with Crippen LogP contribution in [0.2, 0.25) is 0 Å². The zero-order valence-corrected chi connectivity index (χ0v) is 22.9. The van der Waals surface area contributed by atoms with Gasteiger partial charge >= 0.3 is 11.9 Å². The summed E-state index contributed by atoms with van der Waals surface area (Å²) in [5.74, 6) is -1.51. The van der Waals surface area contributed by atoms with Gasteiger partial charge < -0.3 is 19.1 Å². The van der Waals surface area contributed by atoms with Gasteiger partial charge in [-0.25, -0.2) is 4.79 Å².